The Hall–Kier alpha value is -1.93. The van der Waals surface area contributed by atoms with Crippen molar-refractivity contribution in [2.45, 2.75) is 69.2 Å². The van der Waals surface area contributed by atoms with Crippen LogP contribution in [0.5, 0.6) is 0 Å². The van der Waals surface area contributed by atoms with Crippen LogP contribution in [0.2, 0.25) is 0 Å². The number of ether oxygens (including phenoxy) is 2. The summed E-state index contributed by atoms with van der Waals surface area (Å²) in [5, 5.41) is 0. The van der Waals surface area contributed by atoms with Crippen LogP contribution in [-0.4, -0.2) is 71.0 Å². The predicted octanol–water partition coefficient (Wildman–Crippen LogP) is 1.94. The quantitative estimate of drug-likeness (QED) is 0.822. The zero-order chi connectivity index (χ0) is 19.6. The number of carbonyl (C=O) groups excluding carboxylic acids is 1. The van der Waals surface area contributed by atoms with Crippen LogP contribution in [0.1, 0.15) is 45.4 Å². The van der Waals surface area contributed by atoms with Crippen LogP contribution < -0.4 is 10.6 Å². The number of piperidine rings is 2. The number of aromatic nitrogens is 2. The standard InChI is InChI=1S/C20H31N5O3/c1-20(7-8-20)28-19(26)25-11-2-4-16(21)17(25)14-27-15-5-12-24(13-6-15)18-22-9-3-10-23-18/h3,9-10,15-17H,2,4-8,11-14,21H2,1H3/t16-,17-/m0/s1. The van der Waals surface area contributed by atoms with Crippen LogP contribution in [0, 0.1) is 0 Å². The van der Waals surface area contributed by atoms with Gasteiger partial charge >= 0.3 is 6.09 Å². The van der Waals surface area contributed by atoms with Crippen LogP contribution >= 0.6 is 0 Å². The van der Waals surface area contributed by atoms with Gasteiger partial charge in [0, 0.05) is 38.1 Å². The summed E-state index contributed by atoms with van der Waals surface area (Å²) in [6, 6.07) is 1.65. The Bertz CT molecular complexity index is 661. The molecule has 0 unspecified atom stereocenters. The van der Waals surface area contributed by atoms with E-state index in [0.29, 0.717) is 13.2 Å². The third-order valence-electron chi connectivity index (χ3n) is 6.13. The van der Waals surface area contributed by atoms with E-state index < -0.39 is 0 Å². The molecule has 0 bridgehead atoms. The van der Waals surface area contributed by atoms with Gasteiger partial charge in [0.05, 0.1) is 18.8 Å². The van der Waals surface area contributed by atoms with E-state index in [1.54, 1.807) is 17.3 Å². The van der Waals surface area contributed by atoms with Crippen molar-refractivity contribution in [2.75, 3.05) is 31.1 Å². The minimum atomic E-state index is -0.267. The SMILES string of the molecule is CC1(OC(=O)N2CCC[C@H](N)[C@@H]2COC2CCN(c3ncccn3)CC2)CC1. The van der Waals surface area contributed by atoms with E-state index in [2.05, 4.69) is 14.9 Å². The lowest BCUT2D eigenvalue weighted by molar-refractivity contribution is -0.0256. The lowest BCUT2D eigenvalue weighted by Gasteiger charge is -2.40. The number of nitrogens with zero attached hydrogens (tertiary/aromatic N) is 4. The van der Waals surface area contributed by atoms with Gasteiger partial charge in [-0.15, -0.1) is 0 Å². The zero-order valence-corrected chi connectivity index (χ0v) is 16.6. The van der Waals surface area contributed by atoms with Gasteiger partial charge < -0.3 is 25.0 Å². The minimum Gasteiger partial charge on any atom is -0.443 e. The van der Waals surface area contributed by atoms with Crippen molar-refractivity contribution in [1.82, 2.24) is 14.9 Å². The number of anilines is 1. The summed E-state index contributed by atoms with van der Waals surface area (Å²) >= 11 is 0. The summed E-state index contributed by atoms with van der Waals surface area (Å²) in [7, 11) is 0. The van der Waals surface area contributed by atoms with Gasteiger partial charge in [0.25, 0.3) is 0 Å². The second-order valence-corrected chi connectivity index (χ2v) is 8.45. The molecule has 1 amide bonds. The lowest BCUT2D eigenvalue weighted by Crippen LogP contribution is -2.57. The molecule has 2 atom stereocenters. The highest BCUT2D eigenvalue weighted by molar-refractivity contribution is 5.69. The largest absolute Gasteiger partial charge is 0.443 e. The Kier molecular flexibility index (Phi) is 5.68. The Balaban J connectivity index is 1.28. The third kappa shape index (κ3) is 4.55. The molecular formula is C20H31N5O3. The summed E-state index contributed by atoms with van der Waals surface area (Å²) in [6.07, 6.45) is 9.04. The molecule has 28 heavy (non-hydrogen) atoms. The maximum absolute atomic E-state index is 12.6. The van der Waals surface area contributed by atoms with E-state index in [1.807, 2.05) is 13.0 Å². The van der Waals surface area contributed by atoms with Crippen LogP contribution in [0.15, 0.2) is 18.5 Å². The molecule has 8 heteroatoms. The van der Waals surface area contributed by atoms with Crippen LogP contribution in [0.3, 0.4) is 0 Å². The fourth-order valence-electron chi connectivity index (χ4n) is 3.99. The molecule has 3 fully saturated rings. The van der Waals surface area contributed by atoms with Gasteiger partial charge in [-0.05, 0) is 51.5 Å². The number of hydrogen-bond acceptors (Lipinski definition) is 7. The van der Waals surface area contributed by atoms with Gasteiger partial charge in [0.15, 0.2) is 0 Å². The number of carbonyl (C=O) groups is 1. The second-order valence-electron chi connectivity index (χ2n) is 8.45. The topological polar surface area (TPSA) is 93.8 Å². The van der Waals surface area contributed by atoms with Crippen molar-refractivity contribution in [3.05, 3.63) is 18.5 Å². The molecule has 1 saturated carbocycles. The average Bonchev–Trinajstić information content (AvgIpc) is 3.44. The summed E-state index contributed by atoms with van der Waals surface area (Å²) < 4.78 is 11.9. The first-order chi connectivity index (χ1) is 13.5. The average molecular weight is 390 g/mol. The maximum Gasteiger partial charge on any atom is 0.410 e. The Morgan fingerprint density at radius 3 is 2.61 bits per heavy atom. The summed E-state index contributed by atoms with van der Waals surface area (Å²) in [4.78, 5) is 25.3. The van der Waals surface area contributed by atoms with Crippen molar-refractivity contribution in [3.63, 3.8) is 0 Å². The van der Waals surface area contributed by atoms with Gasteiger partial charge in [-0.2, -0.15) is 0 Å². The van der Waals surface area contributed by atoms with Gasteiger partial charge in [-0.3, -0.25) is 0 Å². The van der Waals surface area contributed by atoms with E-state index in [0.717, 1.165) is 57.6 Å². The number of rotatable bonds is 5. The van der Waals surface area contributed by atoms with Crippen molar-refractivity contribution in [1.29, 1.82) is 0 Å². The normalized spacial score (nSPS) is 27.5. The van der Waals surface area contributed by atoms with Crippen LogP contribution in [0.25, 0.3) is 0 Å². The van der Waals surface area contributed by atoms with Crippen molar-refractivity contribution >= 4 is 12.0 Å². The molecular weight excluding hydrogens is 358 g/mol. The lowest BCUT2D eigenvalue weighted by atomic mass is 9.98. The third-order valence-corrected chi connectivity index (χ3v) is 6.13. The molecule has 1 aromatic rings. The zero-order valence-electron chi connectivity index (χ0n) is 16.6. The maximum atomic E-state index is 12.6. The molecule has 1 aliphatic carbocycles. The van der Waals surface area contributed by atoms with E-state index in [-0.39, 0.29) is 29.9 Å². The molecule has 2 N–H and O–H groups in total. The molecule has 3 aliphatic rings. The fraction of sp³-hybridized carbons (Fsp3) is 0.750. The monoisotopic (exact) mass is 389 g/mol. The van der Waals surface area contributed by atoms with Crippen molar-refractivity contribution < 1.29 is 14.3 Å². The molecule has 1 aromatic heterocycles. The number of amides is 1. The molecule has 0 spiro atoms. The highest BCUT2D eigenvalue weighted by Crippen LogP contribution is 2.39. The Labute approximate surface area is 166 Å². The molecule has 2 aliphatic heterocycles. The minimum absolute atomic E-state index is 0.0638. The van der Waals surface area contributed by atoms with Crippen molar-refractivity contribution in [3.8, 4) is 0 Å². The molecule has 2 saturated heterocycles. The van der Waals surface area contributed by atoms with Gasteiger partial charge in [-0.25, -0.2) is 14.8 Å². The Morgan fingerprint density at radius 2 is 1.93 bits per heavy atom. The highest BCUT2D eigenvalue weighted by atomic mass is 16.6. The fourth-order valence-corrected chi connectivity index (χ4v) is 3.99. The van der Waals surface area contributed by atoms with E-state index >= 15 is 0 Å². The first kappa shape index (κ1) is 19.4. The first-order valence-electron chi connectivity index (χ1n) is 10.4. The van der Waals surface area contributed by atoms with E-state index in [1.165, 1.54) is 0 Å². The van der Waals surface area contributed by atoms with Crippen molar-refractivity contribution in [2.24, 2.45) is 5.73 Å². The molecule has 8 nitrogen and oxygen atoms in total. The van der Waals surface area contributed by atoms with Gasteiger partial charge in [-0.1, -0.05) is 0 Å². The summed E-state index contributed by atoms with van der Waals surface area (Å²) in [5.74, 6) is 0.776. The van der Waals surface area contributed by atoms with E-state index in [9.17, 15) is 4.79 Å². The summed E-state index contributed by atoms with van der Waals surface area (Å²) in [5.41, 5.74) is 6.08. The predicted molar refractivity (Wildman–Crippen MR) is 105 cm³/mol. The highest BCUT2D eigenvalue weighted by Gasteiger charge is 2.44. The molecule has 4 rings (SSSR count). The molecule has 3 heterocycles. The number of likely N-dealkylation sites (tertiary alicyclic amines) is 1. The van der Waals surface area contributed by atoms with Crippen LogP contribution in [0.4, 0.5) is 10.7 Å². The first-order valence-corrected chi connectivity index (χ1v) is 10.4. The number of nitrogens with two attached hydrogens (primary N) is 1. The van der Waals surface area contributed by atoms with Crippen LogP contribution in [-0.2, 0) is 9.47 Å². The number of hydrogen-bond donors (Lipinski definition) is 1. The summed E-state index contributed by atoms with van der Waals surface area (Å²) in [6.45, 7) is 4.90. The molecule has 0 radical (unpaired) electrons. The molecule has 154 valence electrons. The van der Waals surface area contributed by atoms with E-state index in [4.69, 9.17) is 15.2 Å². The molecule has 0 aromatic carbocycles. The van der Waals surface area contributed by atoms with Gasteiger partial charge in [0.1, 0.15) is 5.60 Å². The van der Waals surface area contributed by atoms with Gasteiger partial charge in [0.2, 0.25) is 5.95 Å². The Morgan fingerprint density at radius 1 is 1.21 bits per heavy atom. The second kappa shape index (κ2) is 8.21. The smallest absolute Gasteiger partial charge is 0.410 e.